The molecule has 58 heavy (non-hydrogen) atoms. The Bertz CT molecular complexity index is 2020. The lowest BCUT2D eigenvalue weighted by Gasteiger charge is -2.31. The van der Waals surface area contributed by atoms with Crippen molar-refractivity contribution in [1.29, 1.82) is 0 Å². The summed E-state index contributed by atoms with van der Waals surface area (Å²) in [5.74, 6) is -0.285. The summed E-state index contributed by atoms with van der Waals surface area (Å²) in [6.07, 6.45) is 1.93. The molecule has 14 heteroatoms. The van der Waals surface area contributed by atoms with E-state index in [0.717, 1.165) is 29.8 Å². The first kappa shape index (κ1) is 41.7. The number of likely N-dealkylation sites (tertiary alicyclic amines) is 1. The number of phenolic OH excluding ortho intramolecular Hbond substituents is 1. The number of hydrogen-bond acceptors (Lipinski definition) is 10. The molecule has 2 heterocycles. The number of anilines is 3. The van der Waals surface area contributed by atoms with Crippen LogP contribution in [0, 0.1) is 0 Å². The first-order valence-electron chi connectivity index (χ1n) is 19.8. The van der Waals surface area contributed by atoms with E-state index in [9.17, 15) is 29.4 Å². The molecule has 0 radical (unpaired) electrons. The van der Waals surface area contributed by atoms with Crippen molar-refractivity contribution >= 4 is 40.9 Å². The van der Waals surface area contributed by atoms with Crippen molar-refractivity contribution in [3.8, 4) is 22.6 Å². The minimum absolute atomic E-state index is 0.0617. The summed E-state index contributed by atoms with van der Waals surface area (Å²) >= 11 is 0. The van der Waals surface area contributed by atoms with Crippen LogP contribution in [0.15, 0.2) is 91.0 Å². The second kappa shape index (κ2) is 20.5. The zero-order valence-corrected chi connectivity index (χ0v) is 32.7. The molecule has 1 fully saturated rings. The van der Waals surface area contributed by atoms with Crippen LogP contribution in [0.5, 0.6) is 11.5 Å². The molecule has 306 valence electrons. The van der Waals surface area contributed by atoms with E-state index >= 15 is 0 Å². The Labute approximate surface area is 338 Å². The number of unbranched alkanes of at least 4 members (excludes halogenated alkanes) is 1. The molecule has 4 aromatic rings. The van der Waals surface area contributed by atoms with Gasteiger partial charge in [-0.25, -0.2) is 4.79 Å². The molecule has 14 nitrogen and oxygen atoms in total. The van der Waals surface area contributed by atoms with Crippen molar-refractivity contribution in [2.75, 3.05) is 62.3 Å². The summed E-state index contributed by atoms with van der Waals surface area (Å²) in [6.45, 7) is 3.19. The fraction of sp³-hybridized carbons (Fsp3) is 0.364. The summed E-state index contributed by atoms with van der Waals surface area (Å²) < 4.78 is 11.2. The van der Waals surface area contributed by atoms with Crippen LogP contribution in [0.4, 0.5) is 21.9 Å². The van der Waals surface area contributed by atoms with Gasteiger partial charge in [0, 0.05) is 76.0 Å². The molecule has 4 aromatic carbocycles. The van der Waals surface area contributed by atoms with Crippen molar-refractivity contribution in [3.63, 3.8) is 0 Å². The van der Waals surface area contributed by atoms with E-state index in [4.69, 9.17) is 9.47 Å². The lowest BCUT2D eigenvalue weighted by atomic mass is 10.0. The SMILES string of the molecule is CN(CCCCC(=O)Nc1ccc(CNC[C@H](O)c2ccc(O)c3c2OCC(=O)N3)cc1)C(=O)CCN1CCC(OC(=O)Nc2ccccc2-c2ccccc2)CC1. The van der Waals surface area contributed by atoms with Gasteiger partial charge in [-0.1, -0.05) is 60.7 Å². The Balaban J connectivity index is 0.810. The summed E-state index contributed by atoms with van der Waals surface area (Å²) in [5.41, 5.74) is 4.89. The number of para-hydroxylation sites is 1. The van der Waals surface area contributed by atoms with Crippen molar-refractivity contribution in [2.24, 2.45) is 0 Å². The van der Waals surface area contributed by atoms with Gasteiger partial charge in [-0.3, -0.25) is 19.7 Å². The van der Waals surface area contributed by atoms with E-state index in [-0.39, 0.29) is 54.2 Å². The number of nitrogens with one attached hydrogen (secondary N) is 4. The zero-order valence-electron chi connectivity index (χ0n) is 32.7. The number of amides is 4. The van der Waals surface area contributed by atoms with Crippen LogP contribution < -0.4 is 26.0 Å². The Morgan fingerprint density at radius 3 is 2.45 bits per heavy atom. The molecular weight excluding hydrogens is 741 g/mol. The van der Waals surface area contributed by atoms with E-state index in [1.54, 1.807) is 18.0 Å². The predicted molar refractivity (Wildman–Crippen MR) is 222 cm³/mol. The Hall–Kier alpha value is -5.96. The Morgan fingerprint density at radius 1 is 0.931 bits per heavy atom. The highest BCUT2D eigenvalue weighted by molar-refractivity contribution is 5.97. The van der Waals surface area contributed by atoms with Gasteiger partial charge in [-0.05, 0) is 67.1 Å². The number of carbonyl (C=O) groups is 4. The summed E-state index contributed by atoms with van der Waals surface area (Å²) in [6, 6.07) is 27.9. The highest BCUT2D eigenvalue weighted by atomic mass is 16.6. The van der Waals surface area contributed by atoms with Crippen LogP contribution >= 0.6 is 0 Å². The minimum Gasteiger partial charge on any atom is -0.506 e. The van der Waals surface area contributed by atoms with Crippen molar-refractivity contribution in [3.05, 3.63) is 102 Å². The maximum absolute atomic E-state index is 12.8. The van der Waals surface area contributed by atoms with Gasteiger partial charge in [0.05, 0.1) is 11.8 Å². The van der Waals surface area contributed by atoms with Crippen LogP contribution in [0.1, 0.15) is 55.8 Å². The lowest BCUT2D eigenvalue weighted by molar-refractivity contribution is -0.130. The molecular formula is C44H52N6O8. The average molecular weight is 793 g/mol. The van der Waals surface area contributed by atoms with Crippen molar-refractivity contribution in [1.82, 2.24) is 15.1 Å². The maximum atomic E-state index is 12.8. The number of fused-ring (bicyclic) bond motifs is 1. The van der Waals surface area contributed by atoms with E-state index < -0.39 is 12.2 Å². The maximum Gasteiger partial charge on any atom is 0.411 e. The molecule has 0 bridgehead atoms. The third-order valence-electron chi connectivity index (χ3n) is 10.3. The highest BCUT2D eigenvalue weighted by Crippen LogP contribution is 2.41. The molecule has 2 aliphatic rings. The molecule has 2 aliphatic heterocycles. The molecule has 1 saturated heterocycles. The molecule has 0 spiro atoms. The molecule has 6 rings (SSSR count). The minimum atomic E-state index is -0.935. The van der Waals surface area contributed by atoms with Gasteiger partial charge < -0.3 is 45.4 Å². The van der Waals surface area contributed by atoms with E-state index in [1.165, 1.54) is 6.07 Å². The number of carbonyl (C=O) groups excluding carboxylic acids is 4. The van der Waals surface area contributed by atoms with Crippen LogP contribution in [0.2, 0.25) is 0 Å². The number of aromatic hydroxyl groups is 1. The number of aliphatic hydroxyl groups is 1. The molecule has 0 aromatic heterocycles. The summed E-state index contributed by atoms with van der Waals surface area (Å²) in [7, 11) is 1.80. The van der Waals surface area contributed by atoms with E-state index in [2.05, 4.69) is 26.2 Å². The molecule has 1 atom stereocenters. The van der Waals surface area contributed by atoms with Crippen molar-refractivity contribution in [2.45, 2.75) is 57.3 Å². The van der Waals surface area contributed by atoms with Gasteiger partial charge in [0.1, 0.15) is 17.5 Å². The number of benzene rings is 4. The number of aliphatic hydroxyl groups excluding tert-OH is 1. The van der Waals surface area contributed by atoms with E-state index in [1.807, 2.05) is 78.9 Å². The third kappa shape index (κ3) is 11.8. The topological polar surface area (TPSA) is 182 Å². The largest absolute Gasteiger partial charge is 0.506 e. The van der Waals surface area contributed by atoms with Crippen LogP contribution in [-0.4, -0.2) is 96.3 Å². The highest BCUT2D eigenvalue weighted by Gasteiger charge is 2.26. The number of nitrogens with zero attached hydrogens (tertiary/aromatic N) is 2. The Morgan fingerprint density at radius 2 is 1.67 bits per heavy atom. The van der Waals surface area contributed by atoms with Gasteiger partial charge in [0.2, 0.25) is 11.8 Å². The predicted octanol–water partition coefficient (Wildman–Crippen LogP) is 5.88. The Kier molecular flexibility index (Phi) is 14.7. The number of piperidine rings is 1. The molecule has 0 unspecified atom stereocenters. The van der Waals surface area contributed by atoms with Crippen LogP contribution in [0.25, 0.3) is 11.1 Å². The van der Waals surface area contributed by atoms with Gasteiger partial charge in [0.25, 0.3) is 5.91 Å². The normalized spacial score (nSPS) is 14.7. The van der Waals surface area contributed by atoms with Gasteiger partial charge in [0.15, 0.2) is 12.4 Å². The lowest BCUT2D eigenvalue weighted by Crippen LogP contribution is -2.40. The standard InChI is InChI=1S/C44H52N6O8/c1-49(41(55)22-26-50-24-20-33(21-25-50)58-44(56)47-36-12-6-5-11-34(36)31-9-3-2-4-10-31)23-8-7-13-39(53)46-32-16-14-30(15-17-32)27-45-28-38(52)35-18-19-37(51)42-43(35)57-29-40(54)48-42/h2-6,9-12,14-19,33,38,45,51-52H,7-8,13,20-29H2,1H3,(H,46,53)(H,47,56)(H,48,54)/t38-/m0/s1. The summed E-state index contributed by atoms with van der Waals surface area (Å²) in [5, 5.41) is 32.4. The number of rotatable bonds is 17. The number of phenols is 1. The first-order chi connectivity index (χ1) is 28.1. The van der Waals surface area contributed by atoms with Crippen LogP contribution in [-0.2, 0) is 25.7 Å². The third-order valence-corrected chi connectivity index (χ3v) is 10.3. The second-order valence-corrected chi connectivity index (χ2v) is 14.6. The smallest absolute Gasteiger partial charge is 0.411 e. The monoisotopic (exact) mass is 792 g/mol. The van der Waals surface area contributed by atoms with Gasteiger partial charge in [-0.2, -0.15) is 0 Å². The average Bonchev–Trinajstić information content (AvgIpc) is 3.23. The zero-order chi connectivity index (χ0) is 40.9. The van der Waals surface area contributed by atoms with Crippen molar-refractivity contribution < 1.29 is 38.9 Å². The first-order valence-corrected chi connectivity index (χ1v) is 19.8. The van der Waals surface area contributed by atoms with Gasteiger partial charge in [-0.15, -0.1) is 0 Å². The van der Waals surface area contributed by atoms with E-state index in [0.29, 0.717) is 75.1 Å². The quantitative estimate of drug-likeness (QED) is 0.0558. The fourth-order valence-corrected chi connectivity index (χ4v) is 7.04. The fourth-order valence-electron chi connectivity index (χ4n) is 7.04. The number of ether oxygens (including phenoxy) is 2. The molecule has 0 aliphatic carbocycles. The van der Waals surface area contributed by atoms with Gasteiger partial charge >= 0.3 is 6.09 Å². The molecule has 4 amide bonds. The molecule has 6 N–H and O–H groups in total. The molecule has 0 saturated carbocycles. The summed E-state index contributed by atoms with van der Waals surface area (Å²) in [4.78, 5) is 53.8. The number of hydrogen-bond donors (Lipinski definition) is 6. The second-order valence-electron chi connectivity index (χ2n) is 14.6. The van der Waals surface area contributed by atoms with Crippen LogP contribution in [0.3, 0.4) is 0 Å².